The van der Waals surface area contributed by atoms with Gasteiger partial charge in [-0.25, -0.2) is 0 Å². The van der Waals surface area contributed by atoms with E-state index in [1.165, 1.54) is 0 Å². The van der Waals surface area contributed by atoms with E-state index in [1.54, 1.807) is 0 Å². The van der Waals surface area contributed by atoms with Crippen LogP contribution in [0.2, 0.25) is 0 Å². The number of aliphatic carboxylic acids is 1. The minimum atomic E-state index is -0.717. The lowest BCUT2D eigenvalue weighted by atomic mass is 9.81. The Hall–Kier alpha value is -1.06. The van der Waals surface area contributed by atoms with Crippen molar-refractivity contribution < 1.29 is 14.7 Å². The maximum Gasteiger partial charge on any atom is 0.306 e. The standard InChI is InChI=1S/C14H25NO3/c1-10(2)4-3-9-15-13(16)11-5-7-12(8-6-11)14(17)18/h10-12H,3-9H2,1-2H3,(H,15,16)(H,17,18). The van der Waals surface area contributed by atoms with Crippen molar-refractivity contribution in [3.05, 3.63) is 0 Å². The number of carbonyl (C=O) groups excluding carboxylic acids is 1. The van der Waals surface area contributed by atoms with Crippen molar-refractivity contribution in [3.8, 4) is 0 Å². The average Bonchev–Trinajstić information content (AvgIpc) is 2.34. The predicted octanol–water partition coefficient (Wildman–Crippen LogP) is 2.43. The van der Waals surface area contributed by atoms with Gasteiger partial charge in [0.15, 0.2) is 0 Å². The topological polar surface area (TPSA) is 66.4 Å². The van der Waals surface area contributed by atoms with Crippen LogP contribution in [0, 0.1) is 17.8 Å². The Morgan fingerprint density at radius 1 is 1.17 bits per heavy atom. The number of amides is 1. The van der Waals surface area contributed by atoms with Crippen LogP contribution in [0.3, 0.4) is 0 Å². The van der Waals surface area contributed by atoms with E-state index in [-0.39, 0.29) is 17.7 Å². The van der Waals surface area contributed by atoms with E-state index in [2.05, 4.69) is 19.2 Å². The highest BCUT2D eigenvalue weighted by Crippen LogP contribution is 2.28. The highest BCUT2D eigenvalue weighted by molar-refractivity contribution is 5.79. The number of carboxylic acid groups (broad SMARTS) is 1. The minimum Gasteiger partial charge on any atom is -0.481 e. The number of carbonyl (C=O) groups is 2. The molecule has 0 unspecified atom stereocenters. The van der Waals surface area contributed by atoms with Gasteiger partial charge in [0.2, 0.25) is 5.91 Å². The van der Waals surface area contributed by atoms with Gasteiger partial charge in [-0.3, -0.25) is 9.59 Å². The first-order valence-corrected chi connectivity index (χ1v) is 7.01. The second-order valence-electron chi connectivity index (χ2n) is 5.71. The van der Waals surface area contributed by atoms with Gasteiger partial charge >= 0.3 is 5.97 Å². The van der Waals surface area contributed by atoms with Gasteiger partial charge in [-0.15, -0.1) is 0 Å². The molecular weight excluding hydrogens is 230 g/mol. The number of rotatable bonds is 6. The summed E-state index contributed by atoms with van der Waals surface area (Å²) in [7, 11) is 0. The molecule has 0 aromatic carbocycles. The molecule has 4 nitrogen and oxygen atoms in total. The van der Waals surface area contributed by atoms with Crippen molar-refractivity contribution >= 4 is 11.9 Å². The predicted molar refractivity (Wildman–Crippen MR) is 70.2 cm³/mol. The zero-order chi connectivity index (χ0) is 13.5. The maximum absolute atomic E-state index is 11.9. The Morgan fingerprint density at radius 2 is 1.72 bits per heavy atom. The fourth-order valence-corrected chi connectivity index (χ4v) is 2.47. The van der Waals surface area contributed by atoms with Crippen LogP contribution in [-0.4, -0.2) is 23.5 Å². The summed E-state index contributed by atoms with van der Waals surface area (Å²) in [6.45, 7) is 5.10. The van der Waals surface area contributed by atoms with E-state index in [0.717, 1.165) is 19.4 Å². The SMILES string of the molecule is CC(C)CCCNC(=O)C1CCC(C(=O)O)CC1. The highest BCUT2D eigenvalue weighted by Gasteiger charge is 2.29. The van der Waals surface area contributed by atoms with Gasteiger partial charge in [-0.2, -0.15) is 0 Å². The lowest BCUT2D eigenvalue weighted by Crippen LogP contribution is -2.34. The molecule has 1 aliphatic carbocycles. The van der Waals surface area contributed by atoms with Crippen LogP contribution in [0.4, 0.5) is 0 Å². The third-order valence-corrected chi connectivity index (χ3v) is 3.70. The molecule has 0 atom stereocenters. The number of hydrogen-bond donors (Lipinski definition) is 2. The van der Waals surface area contributed by atoms with Crippen LogP contribution in [0.1, 0.15) is 52.4 Å². The first-order chi connectivity index (χ1) is 8.50. The smallest absolute Gasteiger partial charge is 0.306 e. The lowest BCUT2D eigenvalue weighted by Gasteiger charge is -2.25. The van der Waals surface area contributed by atoms with Gasteiger partial charge in [-0.1, -0.05) is 13.8 Å². The van der Waals surface area contributed by atoms with Crippen molar-refractivity contribution in [1.29, 1.82) is 0 Å². The molecule has 0 spiro atoms. The molecule has 2 N–H and O–H groups in total. The summed E-state index contributed by atoms with van der Waals surface area (Å²) in [5, 5.41) is 11.9. The van der Waals surface area contributed by atoms with Gasteiger partial charge in [0.25, 0.3) is 0 Å². The quantitative estimate of drug-likeness (QED) is 0.716. The number of nitrogens with one attached hydrogen (secondary N) is 1. The van der Waals surface area contributed by atoms with Crippen molar-refractivity contribution in [2.45, 2.75) is 52.4 Å². The Bertz CT molecular complexity index is 281. The van der Waals surface area contributed by atoms with Crippen LogP contribution < -0.4 is 5.32 Å². The number of carboxylic acids is 1. The molecule has 1 amide bonds. The van der Waals surface area contributed by atoms with Crippen LogP contribution in [0.25, 0.3) is 0 Å². The van der Waals surface area contributed by atoms with Crippen molar-refractivity contribution in [1.82, 2.24) is 5.32 Å². The summed E-state index contributed by atoms with van der Waals surface area (Å²) in [6, 6.07) is 0. The molecule has 0 radical (unpaired) electrons. The van der Waals surface area contributed by atoms with E-state index in [1.807, 2.05) is 0 Å². The molecule has 0 aromatic heterocycles. The molecule has 1 rings (SSSR count). The van der Waals surface area contributed by atoms with Crippen molar-refractivity contribution in [3.63, 3.8) is 0 Å². The Labute approximate surface area is 109 Å². The minimum absolute atomic E-state index is 0.0275. The van der Waals surface area contributed by atoms with Crippen molar-refractivity contribution in [2.24, 2.45) is 17.8 Å². The molecule has 0 aliphatic heterocycles. The van der Waals surface area contributed by atoms with Gasteiger partial charge in [0.05, 0.1) is 5.92 Å². The third kappa shape index (κ3) is 5.07. The molecule has 1 fully saturated rings. The van der Waals surface area contributed by atoms with E-state index >= 15 is 0 Å². The van der Waals surface area contributed by atoms with E-state index in [4.69, 9.17) is 5.11 Å². The summed E-state index contributed by atoms with van der Waals surface area (Å²) < 4.78 is 0. The van der Waals surface area contributed by atoms with E-state index in [9.17, 15) is 9.59 Å². The van der Waals surface area contributed by atoms with Gasteiger partial charge < -0.3 is 10.4 Å². The van der Waals surface area contributed by atoms with Gasteiger partial charge in [0.1, 0.15) is 0 Å². The molecule has 18 heavy (non-hydrogen) atoms. The summed E-state index contributed by atoms with van der Waals surface area (Å²) in [4.78, 5) is 22.7. The zero-order valence-corrected chi connectivity index (χ0v) is 11.4. The molecule has 0 bridgehead atoms. The highest BCUT2D eigenvalue weighted by atomic mass is 16.4. The molecule has 0 saturated heterocycles. The van der Waals surface area contributed by atoms with Crippen LogP contribution in [0.5, 0.6) is 0 Å². The molecule has 104 valence electrons. The summed E-state index contributed by atoms with van der Waals surface area (Å²) in [5.41, 5.74) is 0. The van der Waals surface area contributed by atoms with Crippen LogP contribution in [0.15, 0.2) is 0 Å². The normalized spacial score (nSPS) is 23.9. The average molecular weight is 255 g/mol. The fraction of sp³-hybridized carbons (Fsp3) is 0.857. The molecule has 0 heterocycles. The molecule has 0 aromatic rings. The summed E-state index contributed by atoms with van der Waals surface area (Å²) >= 11 is 0. The second-order valence-corrected chi connectivity index (χ2v) is 5.71. The van der Waals surface area contributed by atoms with Crippen LogP contribution in [-0.2, 0) is 9.59 Å². The van der Waals surface area contributed by atoms with Crippen molar-refractivity contribution in [2.75, 3.05) is 6.54 Å². The first-order valence-electron chi connectivity index (χ1n) is 7.01. The lowest BCUT2D eigenvalue weighted by molar-refractivity contribution is -0.144. The molecular formula is C14H25NO3. The van der Waals surface area contributed by atoms with Crippen LogP contribution >= 0.6 is 0 Å². The van der Waals surface area contributed by atoms with E-state index in [0.29, 0.717) is 31.6 Å². The number of hydrogen-bond acceptors (Lipinski definition) is 2. The molecule has 4 heteroatoms. The Morgan fingerprint density at radius 3 is 2.22 bits per heavy atom. The largest absolute Gasteiger partial charge is 0.481 e. The van der Waals surface area contributed by atoms with Gasteiger partial charge in [-0.05, 0) is 44.4 Å². The summed E-state index contributed by atoms with van der Waals surface area (Å²) in [5.74, 6) is -0.143. The van der Waals surface area contributed by atoms with Gasteiger partial charge in [0, 0.05) is 12.5 Å². The molecule has 1 saturated carbocycles. The monoisotopic (exact) mass is 255 g/mol. The first kappa shape index (κ1) is 15.0. The zero-order valence-electron chi connectivity index (χ0n) is 11.4. The fourth-order valence-electron chi connectivity index (χ4n) is 2.47. The summed E-state index contributed by atoms with van der Waals surface area (Å²) in [6.07, 6.45) is 4.86. The Kier molecular flexibility index (Phi) is 6.16. The Balaban J connectivity index is 2.18. The molecule has 1 aliphatic rings. The van der Waals surface area contributed by atoms with E-state index < -0.39 is 5.97 Å². The third-order valence-electron chi connectivity index (χ3n) is 3.70. The second kappa shape index (κ2) is 7.39. The maximum atomic E-state index is 11.9.